The quantitative estimate of drug-likeness (QED) is 0.632. The van der Waals surface area contributed by atoms with Crippen LogP contribution in [0.2, 0.25) is 0 Å². The second-order valence-corrected chi connectivity index (χ2v) is 2.94. The largest absolute Gasteiger partial charge is 0.481 e. The van der Waals surface area contributed by atoms with Crippen molar-refractivity contribution in [1.82, 2.24) is 0 Å². The van der Waals surface area contributed by atoms with Crippen molar-refractivity contribution in [2.24, 2.45) is 0 Å². The van der Waals surface area contributed by atoms with Crippen molar-refractivity contribution in [3.63, 3.8) is 0 Å². The molecule has 1 aromatic carbocycles. The Hall–Kier alpha value is -1.98. The molecule has 1 aromatic rings. The fraction of sp³-hybridized carbons (Fsp3) is 0.200. The molecule has 0 atom stereocenters. The molecule has 0 saturated carbocycles. The molecule has 86 valence electrons. The molecule has 0 spiro atoms. The zero-order valence-electron chi connectivity index (χ0n) is 8.07. The van der Waals surface area contributed by atoms with E-state index >= 15 is 0 Å². The van der Waals surface area contributed by atoms with Gasteiger partial charge < -0.3 is 9.84 Å². The Kier molecular flexibility index (Phi) is 3.93. The molecule has 16 heavy (non-hydrogen) atoms. The maximum atomic E-state index is 12.7. The van der Waals surface area contributed by atoms with E-state index in [1.165, 1.54) is 0 Å². The van der Waals surface area contributed by atoms with Gasteiger partial charge in [-0.1, -0.05) is 0 Å². The predicted octanol–water partition coefficient (Wildman–Crippen LogP) is 1.74. The minimum absolute atomic E-state index is 0.158. The molecule has 0 amide bonds. The van der Waals surface area contributed by atoms with E-state index in [-0.39, 0.29) is 18.6 Å². The van der Waals surface area contributed by atoms with Crippen LogP contribution in [-0.2, 0) is 9.59 Å². The van der Waals surface area contributed by atoms with Crippen LogP contribution >= 0.6 is 0 Å². The van der Waals surface area contributed by atoms with Gasteiger partial charge in [-0.2, -0.15) is 0 Å². The van der Waals surface area contributed by atoms with Crippen LogP contribution in [0.25, 0.3) is 0 Å². The van der Waals surface area contributed by atoms with Crippen LogP contribution in [0.3, 0.4) is 0 Å². The molecule has 4 nitrogen and oxygen atoms in total. The lowest BCUT2D eigenvalue weighted by Crippen LogP contribution is -2.10. The zero-order chi connectivity index (χ0) is 12.1. The lowest BCUT2D eigenvalue weighted by molar-refractivity contribution is -0.142. The molecule has 1 N–H and O–H groups in total. The van der Waals surface area contributed by atoms with Gasteiger partial charge in [0.2, 0.25) is 0 Å². The summed E-state index contributed by atoms with van der Waals surface area (Å²) >= 11 is 0. The van der Waals surface area contributed by atoms with Gasteiger partial charge in [-0.3, -0.25) is 9.59 Å². The number of carbonyl (C=O) groups excluding carboxylic acids is 1. The Balaban J connectivity index is 2.56. The topological polar surface area (TPSA) is 63.6 Å². The predicted molar refractivity (Wildman–Crippen MR) is 48.9 cm³/mol. The molecule has 0 saturated heterocycles. The number of hydrogen-bond acceptors (Lipinski definition) is 3. The third-order valence-corrected chi connectivity index (χ3v) is 1.67. The van der Waals surface area contributed by atoms with Crippen molar-refractivity contribution in [3.05, 3.63) is 29.8 Å². The van der Waals surface area contributed by atoms with Crippen LogP contribution in [0, 0.1) is 11.6 Å². The van der Waals surface area contributed by atoms with E-state index in [4.69, 9.17) is 5.11 Å². The summed E-state index contributed by atoms with van der Waals surface area (Å²) in [4.78, 5) is 21.1. The van der Waals surface area contributed by atoms with Gasteiger partial charge in [0.1, 0.15) is 5.75 Å². The highest BCUT2D eigenvalue weighted by Gasteiger charge is 2.09. The van der Waals surface area contributed by atoms with Crippen LogP contribution < -0.4 is 4.74 Å². The maximum Gasteiger partial charge on any atom is 0.311 e. The molecule has 0 radical (unpaired) electrons. The number of carbonyl (C=O) groups is 2. The average molecular weight is 230 g/mol. The standard InChI is InChI=1S/C10H8F2O4/c11-7-2-1-6(5-8(7)12)16-10(15)4-3-9(13)14/h1-2,5H,3-4H2,(H,13,14). The summed E-state index contributed by atoms with van der Waals surface area (Å²) in [6.45, 7) is 0. The summed E-state index contributed by atoms with van der Waals surface area (Å²) in [5, 5.41) is 8.29. The number of carboxylic acid groups (broad SMARTS) is 1. The number of carboxylic acids is 1. The summed E-state index contributed by atoms with van der Waals surface area (Å²) in [6, 6.07) is 2.61. The molecule has 0 aliphatic rings. The molecule has 6 heteroatoms. The van der Waals surface area contributed by atoms with Crippen LogP contribution in [-0.4, -0.2) is 17.0 Å². The van der Waals surface area contributed by atoms with E-state index in [9.17, 15) is 18.4 Å². The van der Waals surface area contributed by atoms with E-state index in [2.05, 4.69) is 4.74 Å². The molecule has 0 unspecified atom stereocenters. The normalized spacial score (nSPS) is 9.88. The number of benzene rings is 1. The summed E-state index contributed by atoms with van der Waals surface area (Å²) < 4.78 is 29.8. The highest BCUT2D eigenvalue weighted by atomic mass is 19.2. The van der Waals surface area contributed by atoms with Gasteiger partial charge in [-0.25, -0.2) is 8.78 Å². The van der Waals surface area contributed by atoms with E-state index in [0.29, 0.717) is 6.07 Å². The van der Waals surface area contributed by atoms with E-state index < -0.39 is 23.6 Å². The third kappa shape index (κ3) is 3.64. The van der Waals surface area contributed by atoms with Crippen LogP contribution in [0.1, 0.15) is 12.8 Å². The van der Waals surface area contributed by atoms with Crippen molar-refractivity contribution < 1.29 is 28.2 Å². The van der Waals surface area contributed by atoms with Crippen LogP contribution in [0.15, 0.2) is 18.2 Å². The van der Waals surface area contributed by atoms with Gasteiger partial charge in [-0.05, 0) is 12.1 Å². The number of rotatable bonds is 4. The van der Waals surface area contributed by atoms with Crippen LogP contribution in [0.5, 0.6) is 5.75 Å². The second kappa shape index (κ2) is 5.20. The molecule has 0 bridgehead atoms. The second-order valence-electron chi connectivity index (χ2n) is 2.94. The highest BCUT2D eigenvalue weighted by molar-refractivity contribution is 5.78. The van der Waals surface area contributed by atoms with E-state index in [0.717, 1.165) is 12.1 Å². The number of aliphatic carboxylic acids is 1. The Bertz CT molecular complexity index is 417. The lowest BCUT2D eigenvalue weighted by atomic mass is 10.3. The van der Waals surface area contributed by atoms with Crippen molar-refractivity contribution >= 4 is 11.9 Å². The average Bonchev–Trinajstić information content (AvgIpc) is 2.21. The molecule has 0 aliphatic heterocycles. The first-order chi connectivity index (χ1) is 7.49. The Morgan fingerprint density at radius 1 is 1.19 bits per heavy atom. The number of halogens is 2. The van der Waals surface area contributed by atoms with Crippen molar-refractivity contribution in [2.45, 2.75) is 12.8 Å². The van der Waals surface area contributed by atoms with Gasteiger partial charge in [0.05, 0.1) is 12.8 Å². The lowest BCUT2D eigenvalue weighted by Gasteiger charge is -2.03. The summed E-state index contributed by atoms with van der Waals surface area (Å²) in [5.41, 5.74) is 0. The molecule has 1 rings (SSSR count). The van der Waals surface area contributed by atoms with Gasteiger partial charge in [0.25, 0.3) is 0 Å². The number of esters is 1. The monoisotopic (exact) mass is 230 g/mol. The van der Waals surface area contributed by atoms with Gasteiger partial charge in [0.15, 0.2) is 11.6 Å². The smallest absolute Gasteiger partial charge is 0.311 e. The minimum Gasteiger partial charge on any atom is -0.481 e. The fourth-order valence-electron chi connectivity index (χ4n) is 0.932. The summed E-state index contributed by atoms with van der Waals surface area (Å²) in [6.07, 6.45) is -0.698. The molecule has 0 heterocycles. The molecule has 0 fully saturated rings. The molecular weight excluding hydrogens is 222 g/mol. The van der Waals surface area contributed by atoms with Crippen molar-refractivity contribution in [3.8, 4) is 5.75 Å². The highest BCUT2D eigenvalue weighted by Crippen LogP contribution is 2.16. The van der Waals surface area contributed by atoms with Gasteiger partial charge >= 0.3 is 11.9 Å². The molecular formula is C10H8F2O4. The Morgan fingerprint density at radius 2 is 1.88 bits per heavy atom. The van der Waals surface area contributed by atoms with Crippen molar-refractivity contribution in [2.75, 3.05) is 0 Å². The van der Waals surface area contributed by atoms with Crippen LogP contribution in [0.4, 0.5) is 8.78 Å². The summed E-state index contributed by atoms with van der Waals surface area (Å²) in [7, 11) is 0. The Morgan fingerprint density at radius 3 is 2.44 bits per heavy atom. The summed E-state index contributed by atoms with van der Waals surface area (Å²) in [5.74, 6) is -4.29. The van der Waals surface area contributed by atoms with E-state index in [1.54, 1.807) is 0 Å². The zero-order valence-corrected chi connectivity index (χ0v) is 8.07. The minimum atomic E-state index is -1.14. The maximum absolute atomic E-state index is 12.7. The first-order valence-corrected chi connectivity index (χ1v) is 4.36. The number of hydrogen-bond donors (Lipinski definition) is 1. The third-order valence-electron chi connectivity index (χ3n) is 1.67. The first-order valence-electron chi connectivity index (χ1n) is 4.36. The Labute approximate surface area is 89.5 Å². The molecule has 0 aromatic heterocycles. The molecule has 0 aliphatic carbocycles. The fourth-order valence-corrected chi connectivity index (χ4v) is 0.932. The van der Waals surface area contributed by atoms with Gasteiger partial charge in [0, 0.05) is 6.07 Å². The number of ether oxygens (including phenoxy) is 1. The van der Waals surface area contributed by atoms with Gasteiger partial charge in [-0.15, -0.1) is 0 Å². The van der Waals surface area contributed by atoms with E-state index in [1.807, 2.05) is 0 Å². The van der Waals surface area contributed by atoms with Crippen molar-refractivity contribution in [1.29, 1.82) is 0 Å². The first kappa shape index (κ1) is 12.1. The SMILES string of the molecule is O=C(O)CCC(=O)Oc1ccc(F)c(F)c1.